The molecule has 3 aromatic rings. The third kappa shape index (κ3) is 6.20. The zero-order chi connectivity index (χ0) is 25.8. The summed E-state index contributed by atoms with van der Waals surface area (Å²) in [5.41, 5.74) is 3.72. The van der Waals surface area contributed by atoms with Crippen LogP contribution in [0.2, 0.25) is 0 Å². The summed E-state index contributed by atoms with van der Waals surface area (Å²) in [4.78, 5) is 24.9. The lowest BCUT2D eigenvalue weighted by molar-refractivity contribution is -0.141. The van der Waals surface area contributed by atoms with Crippen molar-refractivity contribution < 1.29 is 24.2 Å². The lowest BCUT2D eigenvalue weighted by atomic mass is 9.91. The zero-order valence-corrected chi connectivity index (χ0v) is 21.9. The van der Waals surface area contributed by atoms with Crippen molar-refractivity contribution >= 4 is 27.9 Å². The first kappa shape index (κ1) is 25.4. The van der Waals surface area contributed by atoms with Gasteiger partial charge in [0.2, 0.25) is 0 Å². The second kappa shape index (κ2) is 11.4. The van der Waals surface area contributed by atoms with E-state index in [9.17, 15) is 14.7 Å². The quantitative estimate of drug-likeness (QED) is 0.264. The van der Waals surface area contributed by atoms with E-state index in [1.54, 1.807) is 18.2 Å². The Labute approximate surface area is 225 Å². The van der Waals surface area contributed by atoms with Crippen LogP contribution in [0.1, 0.15) is 35.2 Å². The van der Waals surface area contributed by atoms with Crippen molar-refractivity contribution in [3.8, 4) is 11.1 Å². The van der Waals surface area contributed by atoms with Gasteiger partial charge in [-0.05, 0) is 53.8 Å². The molecule has 1 saturated carbocycles. The molecule has 5 atom stereocenters. The van der Waals surface area contributed by atoms with E-state index in [1.807, 2.05) is 72.8 Å². The number of aryl methyl sites for hydroxylation is 1. The van der Waals surface area contributed by atoms with E-state index >= 15 is 0 Å². The van der Waals surface area contributed by atoms with Crippen LogP contribution in [-0.4, -0.2) is 35.4 Å². The summed E-state index contributed by atoms with van der Waals surface area (Å²) in [5.74, 6) is -0.863. The number of rotatable bonds is 8. The molecule has 1 heterocycles. The van der Waals surface area contributed by atoms with E-state index < -0.39 is 18.2 Å². The Morgan fingerprint density at radius 2 is 1.81 bits per heavy atom. The largest absolute Gasteiger partial charge is 0.462 e. The van der Waals surface area contributed by atoms with Crippen molar-refractivity contribution in [2.45, 2.75) is 44.0 Å². The summed E-state index contributed by atoms with van der Waals surface area (Å²) in [5, 5.41) is 10.6. The fourth-order valence-corrected chi connectivity index (χ4v) is 5.73. The van der Waals surface area contributed by atoms with E-state index in [0.29, 0.717) is 24.8 Å². The van der Waals surface area contributed by atoms with Gasteiger partial charge in [-0.1, -0.05) is 82.7 Å². The van der Waals surface area contributed by atoms with Gasteiger partial charge in [-0.25, -0.2) is 4.79 Å². The Balaban J connectivity index is 1.24. The average Bonchev–Trinajstić information content (AvgIpc) is 3.42. The number of aliphatic hydroxyl groups is 1. The number of halogens is 1. The molecule has 0 aromatic heterocycles. The Hall–Kier alpha value is -3.22. The maximum absolute atomic E-state index is 13.0. The number of aliphatic hydroxyl groups excluding tert-OH is 1. The number of benzene rings is 3. The predicted molar refractivity (Wildman–Crippen MR) is 145 cm³/mol. The molecule has 2 fully saturated rings. The van der Waals surface area contributed by atoms with Crippen LogP contribution >= 0.6 is 15.9 Å². The van der Waals surface area contributed by atoms with E-state index in [0.717, 1.165) is 27.6 Å². The molecule has 0 unspecified atom stereocenters. The van der Waals surface area contributed by atoms with Gasteiger partial charge in [0.1, 0.15) is 12.2 Å². The minimum absolute atomic E-state index is 0.0562. The van der Waals surface area contributed by atoms with E-state index in [-0.39, 0.29) is 23.9 Å². The lowest BCUT2D eigenvalue weighted by Crippen LogP contribution is -2.25. The third-order valence-electron chi connectivity index (χ3n) is 7.21. The van der Waals surface area contributed by atoms with Crippen molar-refractivity contribution in [1.82, 2.24) is 0 Å². The van der Waals surface area contributed by atoms with Gasteiger partial charge in [-0.2, -0.15) is 0 Å². The van der Waals surface area contributed by atoms with Crippen LogP contribution in [0, 0.1) is 11.8 Å². The molecule has 0 bridgehead atoms. The molecule has 6 heteroatoms. The lowest BCUT2D eigenvalue weighted by Gasteiger charge is -2.20. The Kier molecular flexibility index (Phi) is 7.87. The fourth-order valence-electron chi connectivity index (χ4n) is 5.28. The summed E-state index contributed by atoms with van der Waals surface area (Å²) in [6.45, 7) is 0. The Morgan fingerprint density at radius 1 is 1.05 bits per heavy atom. The molecule has 3 aromatic carbocycles. The minimum Gasteiger partial charge on any atom is -0.462 e. The van der Waals surface area contributed by atoms with Crippen LogP contribution in [-0.2, 0) is 20.7 Å². The maximum atomic E-state index is 13.0. The summed E-state index contributed by atoms with van der Waals surface area (Å²) in [6.07, 6.45) is 4.43. The summed E-state index contributed by atoms with van der Waals surface area (Å²) < 4.78 is 12.4. The highest BCUT2D eigenvalue weighted by molar-refractivity contribution is 9.10. The van der Waals surface area contributed by atoms with Crippen molar-refractivity contribution in [1.29, 1.82) is 0 Å². The van der Waals surface area contributed by atoms with Crippen molar-refractivity contribution in [2.75, 3.05) is 0 Å². The number of esters is 2. The third-order valence-corrected chi connectivity index (χ3v) is 7.70. The van der Waals surface area contributed by atoms with Gasteiger partial charge < -0.3 is 14.6 Å². The summed E-state index contributed by atoms with van der Waals surface area (Å²) in [7, 11) is 0. The molecule has 190 valence electrons. The topological polar surface area (TPSA) is 72.8 Å². The molecule has 2 aliphatic rings. The molecular formula is C31H29BrO5. The number of hydrogen-bond acceptors (Lipinski definition) is 5. The van der Waals surface area contributed by atoms with E-state index in [4.69, 9.17) is 9.47 Å². The van der Waals surface area contributed by atoms with Gasteiger partial charge in [0.05, 0.1) is 18.1 Å². The molecule has 0 radical (unpaired) electrons. The van der Waals surface area contributed by atoms with Gasteiger partial charge in [0, 0.05) is 22.7 Å². The molecule has 0 amide bonds. The molecule has 1 aliphatic carbocycles. The number of carbonyl (C=O) groups is 2. The second-order valence-electron chi connectivity index (χ2n) is 9.72. The van der Waals surface area contributed by atoms with E-state index in [1.165, 1.54) is 0 Å². The number of fused-ring (bicyclic) bond motifs is 1. The number of carbonyl (C=O) groups excluding carboxylic acids is 2. The van der Waals surface area contributed by atoms with Crippen LogP contribution in [0.25, 0.3) is 11.1 Å². The smallest absolute Gasteiger partial charge is 0.338 e. The molecule has 1 N–H and O–H groups in total. The van der Waals surface area contributed by atoms with E-state index in [2.05, 4.69) is 15.9 Å². The maximum Gasteiger partial charge on any atom is 0.338 e. The highest BCUT2D eigenvalue weighted by Gasteiger charge is 2.50. The zero-order valence-electron chi connectivity index (χ0n) is 20.3. The monoisotopic (exact) mass is 560 g/mol. The predicted octanol–water partition coefficient (Wildman–Crippen LogP) is 6.14. The number of ether oxygens (including phenoxy) is 2. The van der Waals surface area contributed by atoms with Crippen LogP contribution in [0.15, 0.2) is 95.5 Å². The molecule has 5 rings (SSSR count). The molecule has 37 heavy (non-hydrogen) atoms. The van der Waals surface area contributed by atoms with Gasteiger partial charge >= 0.3 is 11.9 Å². The van der Waals surface area contributed by atoms with Crippen molar-refractivity contribution in [2.24, 2.45) is 11.8 Å². The number of hydrogen-bond donors (Lipinski definition) is 1. The molecule has 1 saturated heterocycles. The molecular weight excluding hydrogens is 532 g/mol. The van der Waals surface area contributed by atoms with Gasteiger partial charge in [-0.15, -0.1) is 0 Å². The standard InChI is InChI=1S/C31H29BrO5/c32-24-8-4-5-20(17-24)9-14-25(33)15-16-26-27-18-30(34)36-29(27)19-28(26)37-31(35)23-12-10-22(11-13-23)21-6-2-1-3-7-21/h1-8,10-13,15-17,25-29,33H,9,14,18-19H2/b16-15+/t25-,26+,27+,28+,29-/m0/s1. The van der Waals surface area contributed by atoms with Crippen LogP contribution < -0.4 is 0 Å². The SMILES string of the molecule is O=C1C[C@@H]2[C@@H](/C=C/[C@@H](O)CCc3cccc(Br)c3)[C@H](OC(=O)c3ccc(-c4ccccc4)cc3)C[C@@H]2O1. The van der Waals surface area contributed by atoms with Gasteiger partial charge in [-0.3, -0.25) is 4.79 Å². The Morgan fingerprint density at radius 3 is 2.57 bits per heavy atom. The first-order valence-electron chi connectivity index (χ1n) is 12.6. The minimum atomic E-state index is -0.641. The highest BCUT2D eigenvalue weighted by atomic mass is 79.9. The van der Waals surface area contributed by atoms with Crippen LogP contribution in [0.5, 0.6) is 0 Å². The molecule has 1 aliphatic heterocycles. The first-order valence-corrected chi connectivity index (χ1v) is 13.4. The second-order valence-corrected chi connectivity index (χ2v) is 10.6. The molecule has 5 nitrogen and oxygen atoms in total. The highest BCUT2D eigenvalue weighted by Crippen LogP contribution is 2.43. The van der Waals surface area contributed by atoms with Crippen LogP contribution in [0.4, 0.5) is 0 Å². The Bertz CT molecular complexity index is 1270. The average molecular weight is 561 g/mol. The fraction of sp³-hybridized carbons (Fsp3) is 0.290. The van der Waals surface area contributed by atoms with Crippen LogP contribution in [0.3, 0.4) is 0 Å². The first-order chi connectivity index (χ1) is 18.0. The van der Waals surface area contributed by atoms with Gasteiger partial charge in [0.15, 0.2) is 0 Å². The summed E-state index contributed by atoms with van der Waals surface area (Å²) >= 11 is 3.48. The van der Waals surface area contributed by atoms with Crippen molar-refractivity contribution in [3.63, 3.8) is 0 Å². The normalized spacial score (nSPS) is 23.6. The van der Waals surface area contributed by atoms with Crippen molar-refractivity contribution in [3.05, 3.63) is 107 Å². The summed E-state index contributed by atoms with van der Waals surface area (Å²) in [6, 6.07) is 25.4. The van der Waals surface area contributed by atoms with Gasteiger partial charge in [0.25, 0.3) is 0 Å². The molecule has 0 spiro atoms.